The Morgan fingerprint density at radius 3 is 2.60 bits per heavy atom. The van der Waals surface area contributed by atoms with Gasteiger partial charge in [-0.2, -0.15) is 0 Å². The molecule has 0 radical (unpaired) electrons. The minimum atomic E-state index is 0.442. The number of hydrogen-bond donors (Lipinski definition) is 0. The summed E-state index contributed by atoms with van der Waals surface area (Å²) in [7, 11) is 3.65. The number of methoxy groups -OCH3 is 1. The molecule has 1 aromatic heterocycles. The van der Waals surface area contributed by atoms with Gasteiger partial charge in [0.05, 0.1) is 18.1 Å². The maximum Gasteiger partial charge on any atom is 0.147 e. The number of benzene rings is 2. The molecule has 0 unspecified atom stereocenters. The molecule has 4 nitrogen and oxygen atoms in total. The first-order valence-corrected chi connectivity index (χ1v) is 6.45. The van der Waals surface area contributed by atoms with Crippen LogP contribution in [0, 0.1) is 0 Å². The SMILES string of the molecule is COc1ccc2c(c1)nc(COc1ccccc1)n2C. The van der Waals surface area contributed by atoms with Crippen LogP contribution in [0.25, 0.3) is 11.0 Å². The Balaban J connectivity index is 1.86. The van der Waals surface area contributed by atoms with Crippen LogP contribution in [-0.4, -0.2) is 16.7 Å². The predicted molar refractivity (Wildman–Crippen MR) is 78.0 cm³/mol. The number of nitrogens with zero attached hydrogens (tertiary/aromatic N) is 2. The molecule has 0 aliphatic heterocycles. The smallest absolute Gasteiger partial charge is 0.147 e. The first-order chi connectivity index (χ1) is 9.78. The Hall–Kier alpha value is -2.49. The van der Waals surface area contributed by atoms with E-state index in [1.165, 1.54) is 0 Å². The van der Waals surface area contributed by atoms with Crippen molar-refractivity contribution in [2.24, 2.45) is 7.05 Å². The van der Waals surface area contributed by atoms with Crippen molar-refractivity contribution in [1.29, 1.82) is 0 Å². The molecular weight excluding hydrogens is 252 g/mol. The molecule has 1 heterocycles. The van der Waals surface area contributed by atoms with E-state index in [1.54, 1.807) is 7.11 Å². The maximum atomic E-state index is 5.74. The number of aromatic nitrogens is 2. The molecule has 0 bridgehead atoms. The summed E-state index contributed by atoms with van der Waals surface area (Å²) in [6.07, 6.45) is 0. The molecule has 4 heteroatoms. The maximum absolute atomic E-state index is 5.74. The van der Waals surface area contributed by atoms with E-state index >= 15 is 0 Å². The van der Waals surface area contributed by atoms with Gasteiger partial charge in [0, 0.05) is 13.1 Å². The summed E-state index contributed by atoms with van der Waals surface area (Å²) in [6.45, 7) is 0.442. The van der Waals surface area contributed by atoms with Crippen LogP contribution in [0.3, 0.4) is 0 Å². The van der Waals surface area contributed by atoms with E-state index < -0.39 is 0 Å². The molecule has 0 atom stereocenters. The topological polar surface area (TPSA) is 36.3 Å². The zero-order chi connectivity index (χ0) is 13.9. The number of ether oxygens (including phenoxy) is 2. The molecule has 0 saturated heterocycles. The summed E-state index contributed by atoms with van der Waals surface area (Å²) in [5.41, 5.74) is 1.98. The van der Waals surface area contributed by atoms with E-state index in [9.17, 15) is 0 Å². The quantitative estimate of drug-likeness (QED) is 0.729. The van der Waals surface area contributed by atoms with Crippen molar-refractivity contribution in [3.8, 4) is 11.5 Å². The van der Waals surface area contributed by atoms with Crippen molar-refractivity contribution in [2.75, 3.05) is 7.11 Å². The Bertz CT molecular complexity index is 720. The van der Waals surface area contributed by atoms with Gasteiger partial charge in [0.15, 0.2) is 0 Å². The largest absolute Gasteiger partial charge is 0.497 e. The highest BCUT2D eigenvalue weighted by atomic mass is 16.5. The summed E-state index contributed by atoms with van der Waals surface area (Å²) in [4.78, 5) is 4.59. The fourth-order valence-corrected chi connectivity index (χ4v) is 2.15. The van der Waals surface area contributed by atoms with Gasteiger partial charge in [-0.1, -0.05) is 18.2 Å². The first kappa shape index (κ1) is 12.5. The molecule has 0 saturated carbocycles. The lowest BCUT2D eigenvalue weighted by molar-refractivity contribution is 0.292. The molecule has 0 N–H and O–H groups in total. The molecule has 3 rings (SSSR count). The van der Waals surface area contributed by atoms with E-state index in [-0.39, 0.29) is 0 Å². The second kappa shape index (κ2) is 5.25. The second-order valence-electron chi connectivity index (χ2n) is 4.54. The van der Waals surface area contributed by atoms with Crippen LogP contribution in [0.2, 0.25) is 0 Å². The fraction of sp³-hybridized carbons (Fsp3) is 0.188. The molecule has 3 aromatic rings. The average Bonchev–Trinajstić information content (AvgIpc) is 2.82. The summed E-state index contributed by atoms with van der Waals surface area (Å²) in [5.74, 6) is 2.54. The van der Waals surface area contributed by atoms with Gasteiger partial charge in [0.1, 0.15) is 23.9 Å². The second-order valence-corrected chi connectivity index (χ2v) is 4.54. The zero-order valence-electron chi connectivity index (χ0n) is 11.5. The third kappa shape index (κ3) is 2.32. The minimum absolute atomic E-state index is 0.442. The third-order valence-electron chi connectivity index (χ3n) is 3.29. The number of imidazole rings is 1. The van der Waals surface area contributed by atoms with Crippen LogP contribution < -0.4 is 9.47 Å². The lowest BCUT2D eigenvalue weighted by atomic mass is 10.3. The molecule has 0 aliphatic rings. The van der Waals surface area contributed by atoms with E-state index in [4.69, 9.17) is 9.47 Å². The molecule has 102 valence electrons. The monoisotopic (exact) mass is 268 g/mol. The highest BCUT2D eigenvalue weighted by molar-refractivity contribution is 5.77. The van der Waals surface area contributed by atoms with Crippen molar-refractivity contribution in [1.82, 2.24) is 9.55 Å². The number of para-hydroxylation sites is 1. The molecule has 20 heavy (non-hydrogen) atoms. The number of fused-ring (bicyclic) bond motifs is 1. The minimum Gasteiger partial charge on any atom is -0.497 e. The van der Waals surface area contributed by atoms with Crippen molar-refractivity contribution in [3.63, 3.8) is 0 Å². The molecule has 0 fully saturated rings. The van der Waals surface area contributed by atoms with Crippen LogP contribution in [0.1, 0.15) is 5.82 Å². The van der Waals surface area contributed by atoms with Crippen LogP contribution in [-0.2, 0) is 13.7 Å². The Labute approximate surface area is 117 Å². The van der Waals surface area contributed by atoms with E-state index in [2.05, 4.69) is 4.98 Å². The number of rotatable bonds is 4. The number of aryl methyl sites for hydroxylation is 1. The number of hydrogen-bond acceptors (Lipinski definition) is 3. The summed E-state index contributed by atoms with van der Waals surface area (Å²) >= 11 is 0. The van der Waals surface area contributed by atoms with Crippen LogP contribution >= 0.6 is 0 Å². The summed E-state index contributed by atoms with van der Waals surface area (Å²) < 4.78 is 13.0. The normalized spacial score (nSPS) is 10.7. The van der Waals surface area contributed by atoms with E-state index in [0.717, 1.165) is 28.4 Å². The average molecular weight is 268 g/mol. The van der Waals surface area contributed by atoms with Crippen molar-refractivity contribution in [3.05, 3.63) is 54.4 Å². The lowest BCUT2D eigenvalue weighted by Gasteiger charge is -2.05. The van der Waals surface area contributed by atoms with Gasteiger partial charge in [-0.25, -0.2) is 4.98 Å². The van der Waals surface area contributed by atoms with Crippen molar-refractivity contribution >= 4 is 11.0 Å². The van der Waals surface area contributed by atoms with Gasteiger partial charge in [0.2, 0.25) is 0 Å². The van der Waals surface area contributed by atoms with Gasteiger partial charge in [-0.3, -0.25) is 0 Å². The van der Waals surface area contributed by atoms with Crippen molar-refractivity contribution in [2.45, 2.75) is 6.61 Å². The van der Waals surface area contributed by atoms with Gasteiger partial charge < -0.3 is 14.0 Å². The Kier molecular flexibility index (Phi) is 3.29. The van der Waals surface area contributed by atoms with Crippen LogP contribution in [0.4, 0.5) is 0 Å². The zero-order valence-corrected chi connectivity index (χ0v) is 11.5. The van der Waals surface area contributed by atoms with E-state index in [1.807, 2.05) is 60.1 Å². The van der Waals surface area contributed by atoms with E-state index in [0.29, 0.717) is 6.61 Å². The molecule has 0 amide bonds. The lowest BCUT2D eigenvalue weighted by Crippen LogP contribution is -2.03. The molecule has 0 spiro atoms. The van der Waals surface area contributed by atoms with Gasteiger partial charge in [-0.15, -0.1) is 0 Å². The van der Waals surface area contributed by atoms with Crippen molar-refractivity contribution < 1.29 is 9.47 Å². The van der Waals surface area contributed by atoms with Gasteiger partial charge >= 0.3 is 0 Å². The molecule has 0 aliphatic carbocycles. The summed E-state index contributed by atoms with van der Waals surface area (Å²) in [6, 6.07) is 15.6. The van der Waals surface area contributed by atoms with Gasteiger partial charge in [0.25, 0.3) is 0 Å². The first-order valence-electron chi connectivity index (χ1n) is 6.45. The van der Waals surface area contributed by atoms with Crippen LogP contribution in [0.5, 0.6) is 11.5 Å². The van der Waals surface area contributed by atoms with Gasteiger partial charge in [-0.05, 0) is 24.3 Å². The molecular formula is C16H16N2O2. The Morgan fingerprint density at radius 2 is 1.85 bits per heavy atom. The standard InChI is InChI=1S/C16H16N2O2/c1-18-15-9-8-13(19-2)10-14(15)17-16(18)11-20-12-6-4-3-5-7-12/h3-10H,11H2,1-2H3. The highest BCUT2D eigenvalue weighted by Crippen LogP contribution is 2.21. The van der Waals surface area contributed by atoms with Crippen LogP contribution in [0.15, 0.2) is 48.5 Å². The predicted octanol–water partition coefficient (Wildman–Crippen LogP) is 3.16. The Morgan fingerprint density at radius 1 is 1.05 bits per heavy atom. The third-order valence-corrected chi connectivity index (χ3v) is 3.29. The highest BCUT2D eigenvalue weighted by Gasteiger charge is 2.09. The molecule has 2 aromatic carbocycles. The fourth-order valence-electron chi connectivity index (χ4n) is 2.15. The summed E-state index contributed by atoms with van der Waals surface area (Å²) in [5, 5.41) is 0.